The van der Waals surface area contributed by atoms with Crippen molar-refractivity contribution in [1.82, 2.24) is 14.5 Å². The van der Waals surface area contributed by atoms with Gasteiger partial charge in [-0.3, -0.25) is 14.3 Å². The molecule has 6 nitrogen and oxygen atoms in total. The van der Waals surface area contributed by atoms with Crippen LogP contribution in [0.3, 0.4) is 0 Å². The zero-order valence-electron chi connectivity index (χ0n) is 12.9. The van der Waals surface area contributed by atoms with E-state index < -0.39 is 0 Å². The molecule has 0 aliphatic carbocycles. The second-order valence-electron chi connectivity index (χ2n) is 5.70. The Balaban J connectivity index is 2.03. The SMILES string of the molecule is CC1COCCN(c2nc(-c3ccncc3)cc(=O)n2C)C1. The molecule has 6 heteroatoms. The van der Waals surface area contributed by atoms with Crippen LogP contribution in [-0.4, -0.2) is 40.8 Å². The molecular formula is C16H20N4O2. The van der Waals surface area contributed by atoms with Crippen LogP contribution in [-0.2, 0) is 11.8 Å². The number of hydrogen-bond donors (Lipinski definition) is 0. The van der Waals surface area contributed by atoms with Gasteiger partial charge in [-0.2, -0.15) is 0 Å². The summed E-state index contributed by atoms with van der Waals surface area (Å²) >= 11 is 0. The van der Waals surface area contributed by atoms with Crippen LogP contribution < -0.4 is 10.5 Å². The molecule has 0 radical (unpaired) electrons. The van der Waals surface area contributed by atoms with Crippen molar-refractivity contribution in [3.8, 4) is 11.3 Å². The number of pyridine rings is 1. The first-order chi connectivity index (χ1) is 10.6. The third-order valence-electron chi connectivity index (χ3n) is 3.81. The summed E-state index contributed by atoms with van der Waals surface area (Å²) in [6.07, 6.45) is 3.41. The predicted octanol–water partition coefficient (Wildman–Crippen LogP) is 1.31. The van der Waals surface area contributed by atoms with E-state index in [9.17, 15) is 4.79 Å². The Kier molecular flexibility index (Phi) is 4.20. The zero-order valence-corrected chi connectivity index (χ0v) is 12.9. The van der Waals surface area contributed by atoms with E-state index in [2.05, 4.69) is 16.8 Å². The van der Waals surface area contributed by atoms with Crippen LogP contribution in [0.4, 0.5) is 5.95 Å². The summed E-state index contributed by atoms with van der Waals surface area (Å²) in [5.74, 6) is 1.10. The van der Waals surface area contributed by atoms with Crippen molar-refractivity contribution in [2.24, 2.45) is 13.0 Å². The molecule has 116 valence electrons. The first-order valence-corrected chi connectivity index (χ1v) is 7.46. The van der Waals surface area contributed by atoms with E-state index in [1.807, 2.05) is 12.1 Å². The van der Waals surface area contributed by atoms with Crippen LogP contribution in [0.25, 0.3) is 11.3 Å². The highest BCUT2D eigenvalue weighted by Crippen LogP contribution is 2.19. The average Bonchev–Trinajstić information content (AvgIpc) is 2.75. The maximum Gasteiger partial charge on any atom is 0.255 e. The number of rotatable bonds is 2. The lowest BCUT2D eigenvalue weighted by Crippen LogP contribution is -2.35. The van der Waals surface area contributed by atoms with Crippen LogP contribution >= 0.6 is 0 Å². The Morgan fingerprint density at radius 2 is 2.09 bits per heavy atom. The molecule has 22 heavy (non-hydrogen) atoms. The molecule has 2 aromatic heterocycles. The Hall–Kier alpha value is -2.21. The quantitative estimate of drug-likeness (QED) is 0.837. The van der Waals surface area contributed by atoms with Gasteiger partial charge in [-0.25, -0.2) is 4.98 Å². The van der Waals surface area contributed by atoms with E-state index >= 15 is 0 Å². The summed E-state index contributed by atoms with van der Waals surface area (Å²) in [6, 6.07) is 5.29. The zero-order chi connectivity index (χ0) is 15.5. The topological polar surface area (TPSA) is 60.2 Å². The lowest BCUT2D eigenvalue weighted by atomic mass is 10.2. The van der Waals surface area contributed by atoms with E-state index in [4.69, 9.17) is 9.72 Å². The molecule has 0 saturated carbocycles. The molecule has 1 fully saturated rings. The molecule has 0 spiro atoms. The maximum absolute atomic E-state index is 12.3. The van der Waals surface area contributed by atoms with Crippen molar-refractivity contribution in [1.29, 1.82) is 0 Å². The molecule has 1 atom stereocenters. The highest BCUT2D eigenvalue weighted by atomic mass is 16.5. The minimum absolute atomic E-state index is 0.0605. The molecule has 1 aliphatic heterocycles. The summed E-state index contributed by atoms with van der Waals surface area (Å²) < 4.78 is 7.18. The molecule has 1 saturated heterocycles. The fourth-order valence-electron chi connectivity index (χ4n) is 2.64. The van der Waals surface area contributed by atoms with Gasteiger partial charge in [0.1, 0.15) is 0 Å². The Labute approximate surface area is 129 Å². The highest BCUT2D eigenvalue weighted by molar-refractivity contribution is 5.59. The molecular weight excluding hydrogens is 280 g/mol. The monoisotopic (exact) mass is 300 g/mol. The number of aromatic nitrogens is 3. The van der Waals surface area contributed by atoms with Gasteiger partial charge in [-0.1, -0.05) is 6.92 Å². The van der Waals surface area contributed by atoms with E-state index in [1.165, 1.54) is 0 Å². The molecule has 1 unspecified atom stereocenters. The van der Waals surface area contributed by atoms with E-state index in [-0.39, 0.29) is 5.56 Å². The second-order valence-corrected chi connectivity index (χ2v) is 5.70. The van der Waals surface area contributed by atoms with E-state index in [1.54, 1.807) is 30.1 Å². The maximum atomic E-state index is 12.3. The third kappa shape index (κ3) is 3.01. The summed E-state index contributed by atoms with van der Waals surface area (Å²) in [5.41, 5.74) is 1.51. The number of ether oxygens (including phenoxy) is 1. The lowest BCUT2D eigenvalue weighted by molar-refractivity contribution is 0.129. The van der Waals surface area contributed by atoms with Crippen molar-refractivity contribution in [2.75, 3.05) is 31.2 Å². The van der Waals surface area contributed by atoms with Gasteiger partial charge < -0.3 is 9.64 Å². The fourth-order valence-corrected chi connectivity index (χ4v) is 2.64. The van der Waals surface area contributed by atoms with Crippen LogP contribution in [0.15, 0.2) is 35.4 Å². The van der Waals surface area contributed by atoms with Gasteiger partial charge in [0.25, 0.3) is 5.56 Å². The molecule has 2 aromatic rings. The van der Waals surface area contributed by atoms with Crippen molar-refractivity contribution in [3.05, 3.63) is 40.9 Å². The largest absolute Gasteiger partial charge is 0.379 e. The van der Waals surface area contributed by atoms with Crippen LogP contribution in [0, 0.1) is 5.92 Å². The normalized spacial score (nSPS) is 19.0. The smallest absolute Gasteiger partial charge is 0.255 e. The fraction of sp³-hybridized carbons (Fsp3) is 0.438. The first kappa shape index (κ1) is 14.7. The second kappa shape index (κ2) is 6.27. The number of anilines is 1. The standard InChI is InChI=1S/C16H20N4O2/c1-12-10-20(7-8-22-11-12)16-18-14(9-15(21)19(16)2)13-3-5-17-6-4-13/h3-6,9,12H,7-8,10-11H2,1-2H3. The molecule has 3 heterocycles. The minimum atomic E-state index is -0.0605. The van der Waals surface area contributed by atoms with Gasteiger partial charge >= 0.3 is 0 Å². The molecule has 0 aromatic carbocycles. The third-order valence-corrected chi connectivity index (χ3v) is 3.81. The number of nitrogens with zero attached hydrogens (tertiary/aromatic N) is 4. The van der Waals surface area contributed by atoms with Crippen molar-refractivity contribution in [2.45, 2.75) is 6.92 Å². The van der Waals surface area contributed by atoms with E-state index in [0.29, 0.717) is 24.2 Å². The van der Waals surface area contributed by atoms with Crippen molar-refractivity contribution < 1.29 is 4.74 Å². The molecule has 0 N–H and O–H groups in total. The summed E-state index contributed by atoms with van der Waals surface area (Å²) in [6.45, 7) is 5.11. The summed E-state index contributed by atoms with van der Waals surface area (Å²) in [4.78, 5) is 23.1. The minimum Gasteiger partial charge on any atom is -0.379 e. The molecule has 0 bridgehead atoms. The van der Waals surface area contributed by atoms with Gasteiger partial charge in [-0.05, 0) is 18.1 Å². The van der Waals surface area contributed by atoms with Crippen LogP contribution in [0.1, 0.15) is 6.92 Å². The molecule has 0 amide bonds. The first-order valence-electron chi connectivity index (χ1n) is 7.46. The van der Waals surface area contributed by atoms with Gasteiger partial charge in [-0.15, -0.1) is 0 Å². The number of hydrogen-bond acceptors (Lipinski definition) is 5. The summed E-state index contributed by atoms with van der Waals surface area (Å²) in [7, 11) is 1.76. The Morgan fingerprint density at radius 1 is 1.32 bits per heavy atom. The molecule has 3 rings (SSSR count). The van der Waals surface area contributed by atoms with Gasteiger partial charge in [0.2, 0.25) is 5.95 Å². The van der Waals surface area contributed by atoms with Crippen LogP contribution in [0.5, 0.6) is 0 Å². The molecule has 1 aliphatic rings. The van der Waals surface area contributed by atoms with Gasteiger partial charge in [0.05, 0.1) is 18.9 Å². The van der Waals surface area contributed by atoms with Crippen molar-refractivity contribution >= 4 is 5.95 Å². The Morgan fingerprint density at radius 3 is 2.86 bits per heavy atom. The lowest BCUT2D eigenvalue weighted by Gasteiger charge is -2.25. The van der Waals surface area contributed by atoms with Gasteiger partial charge in [0, 0.05) is 44.2 Å². The highest BCUT2D eigenvalue weighted by Gasteiger charge is 2.19. The summed E-state index contributed by atoms with van der Waals surface area (Å²) in [5, 5.41) is 0. The predicted molar refractivity (Wildman–Crippen MR) is 84.9 cm³/mol. The van der Waals surface area contributed by atoms with E-state index in [0.717, 1.165) is 25.3 Å². The van der Waals surface area contributed by atoms with Crippen LogP contribution in [0.2, 0.25) is 0 Å². The Bertz CT molecular complexity index is 699. The van der Waals surface area contributed by atoms with Gasteiger partial charge in [0.15, 0.2) is 0 Å². The average molecular weight is 300 g/mol. The van der Waals surface area contributed by atoms with Crippen molar-refractivity contribution in [3.63, 3.8) is 0 Å².